The van der Waals surface area contributed by atoms with E-state index in [9.17, 15) is 5.26 Å². The molecule has 0 heterocycles. The smallest absolute Gasteiger partial charge is 0.101 e. The summed E-state index contributed by atoms with van der Waals surface area (Å²) in [6.45, 7) is 5.08. The second kappa shape index (κ2) is 6.58. The Bertz CT molecular complexity index is 615. The number of hydrogen-bond acceptors (Lipinski definition) is 2. The quantitative estimate of drug-likeness (QED) is 0.810. The van der Waals surface area contributed by atoms with Crippen molar-refractivity contribution in [3.8, 4) is 6.07 Å². The molecule has 0 saturated heterocycles. The SMILES string of the molecule is CC(C)N(Cc1ccccc1)c1cc(Br)ccc1C#N. The molecule has 0 atom stereocenters. The van der Waals surface area contributed by atoms with Gasteiger partial charge < -0.3 is 4.90 Å². The number of nitrogens with zero attached hydrogens (tertiary/aromatic N) is 2. The molecule has 3 heteroatoms. The van der Waals surface area contributed by atoms with Crippen molar-refractivity contribution in [2.75, 3.05) is 4.90 Å². The van der Waals surface area contributed by atoms with E-state index in [-0.39, 0.29) is 0 Å². The van der Waals surface area contributed by atoms with Gasteiger partial charge >= 0.3 is 0 Å². The topological polar surface area (TPSA) is 27.0 Å². The lowest BCUT2D eigenvalue weighted by Crippen LogP contribution is -2.30. The summed E-state index contributed by atoms with van der Waals surface area (Å²) in [6, 6.07) is 18.7. The highest BCUT2D eigenvalue weighted by Crippen LogP contribution is 2.27. The van der Waals surface area contributed by atoms with Crippen molar-refractivity contribution < 1.29 is 0 Å². The van der Waals surface area contributed by atoms with Gasteiger partial charge in [-0.1, -0.05) is 46.3 Å². The molecule has 0 radical (unpaired) electrons. The van der Waals surface area contributed by atoms with Gasteiger partial charge in [0, 0.05) is 17.1 Å². The summed E-state index contributed by atoms with van der Waals surface area (Å²) in [7, 11) is 0. The Hall–Kier alpha value is -1.79. The standard InChI is InChI=1S/C17H17BrN2/c1-13(2)20(12-14-6-4-3-5-7-14)17-10-16(18)9-8-15(17)11-19/h3-10,13H,12H2,1-2H3. The molecule has 20 heavy (non-hydrogen) atoms. The van der Waals surface area contributed by atoms with Crippen LogP contribution in [0.25, 0.3) is 0 Å². The summed E-state index contributed by atoms with van der Waals surface area (Å²) < 4.78 is 0.991. The van der Waals surface area contributed by atoms with Gasteiger partial charge in [0.05, 0.1) is 11.3 Å². The number of halogens is 1. The molecule has 0 spiro atoms. The molecule has 2 nitrogen and oxygen atoms in total. The highest BCUT2D eigenvalue weighted by Gasteiger charge is 2.15. The lowest BCUT2D eigenvalue weighted by molar-refractivity contribution is 0.681. The molecule has 2 aromatic carbocycles. The van der Waals surface area contributed by atoms with E-state index in [1.807, 2.05) is 36.4 Å². The third-order valence-corrected chi connectivity index (χ3v) is 3.70. The van der Waals surface area contributed by atoms with Crippen LogP contribution in [0.3, 0.4) is 0 Å². The molecule has 102 valence electrons. The monoisotopic (exact) mass is 328 g/mol. The fourth-order valence-electron chi connectivity index (χ4n) is 2.16. The first-order valence-corrected chi connectivity index (χ1v) is 7.41. The molecule has 0 bridgehead atoms. The van der Waals surface area contributed by atoms with Gasteiger partial charge in [-0.2, -0.15) is 5.26 Å². The van der Waals surface area contributed by atoms with Crippen molar-refractivity contribution in [3.63, 3.8) is 0 Å². The van der Waals surface area contributed by atoms with Crippen LogP contribution in [-0.4, -0.2) is 6.04 Å². The molecule has 0 saturated carbocycles. The molecule has 0 aliphatic carbocycles. The van der Waals surface area contributed by atoms with Gasteiger partial charge in [-0.3, -0.25) is 0 Å². The van der Waals surface area contributed by atoms with Crippen molar-refractivity contribution in [2.24, 2.45) is 0 Å². The largest absolute Gasteiger partial charge is 0.364 e. The van der Waals surface area contributed by atoms with Gasteiger partial charge in [0.25, 0.3) is 0 Å². The maximum absolute atomic E-state index is 9.31. The normalized spacial score (nSPS) is 10.3. The molecule has 0 aliphatic heterocycles. The highest BCUT2D eigenvalue weighted by atomic mass is 79.9. The molecular weight excluding hydrogens is 312 g/mol. The first-order chi connectivity index (χ1) is 9.61. The molecule has 0 amide bonds. The average molecular weight is 329 g/mol. The van der Waals surface area contributed by atoms with Crippen molar-refractivity contribution in [2.45, 2.75) is 26.4 Å². The van der Waals surface area contributed by atoms with E-state index in [0.717, 1.165) is 16.7 Å². The van der Waals surface area contributed by atoms with Gasteiger partial charge in [0.1, 0.15) is 6.07 Å². The minimum atomic E-state index is 0.316. The summed E-state index contributed by atoms with van der Waals surface area (Å²) in [5, 5.41) is 9.31. The second-order valence-corrected chi connectivity index (χ2v) is 5.90. The molecule has 2 aromatic rings. The van der Waals surface area contributed by atoms with E-state index in [2.05, 4.69) is 52.9 Å². The average Bonchev–Trinajstić information content (AvgIpc) is 2.45. The Labute approximate surface area is 128 Å². The van der Waals surface area contributed by atoms with Crippen LogP contribution in [0.4, 0.5) is 5.69 Å². The van der Waals surface area contributed by atoms with E-state index in [1.165, 1.54) is 5.56 Å². The number of rotatable bonds is 4. The first-order valence-electron chi connectivity index (χ1n) is 6.62. The van der Waals surface area contributed by atoms with Crippen LogP contribution in [-0.2, 0) is 6.54 Å². The maximum atomic E-state index is 9.31. The number of anilines is 1. The molecule has 0 aliphatic rings. The Morgan fingerprint density at radius 1 is 1.15 bits per heavy atom. The zero-order valence-corrected chi connectivity index (χ0v) is 13.3. The molecule has 0 unspecified atom stereocenters. The van der Waals surface area contributed by atoms with Crippen LogP contribution in [0.1, 0.15) is 25.0 Å². The zero-order chi connectivity index (χ0) is 14.5. The van der Waals surface area contributed by atoms with Gasteiger partial charge in [-0.05, 0) is 37.6 Å². The third kappa shape index (κ3) is 3.40. The van der Waals surface area contributed by atoms with E-state index in [1.54, 1.807) is 0 Å². The lowest BCUT2D eigenvalue weighted by Gasteiger charge is -2.30. The first kappa shape index (κ1) is 14.6. The Balaban J connectivity index is 2.39. The van der Waals surface area contributed by atoms with Gasteiger partial charge in [0.15, 0.2) is 0 Å². The third-order valence-electron chi connectivity index (χ3n) is 3.21. The fraction of sp³-hybridized carbons (Fsp3) is 0.235. The Morgan fingerprint density at radius 2 is 1.85 bits per heavy atom. The van der Waals surface area contributed by atoms with E-state index >= 15 is 0 Å². The minimum absolute atomic E-state index is 0.316. The minimum Gasteiger partial charge on any atom is -0.364 e. The molecule has 2 rings (SSSR count). The van der Waals surface area contributed by atoms with Crippen LogP contribution >= 0.6 is 15.9 Å². The number of nitriles is 1. The van der Waals surface area contributed by atoms with Gasteiger partial charge in [-0.15, -0.1) is 0 Å². The van der Waals surface area contributed by atoms with Gasteiger partial charge in [0.2, 0.25) is 0 Å². The number of hydrogen-bond donors (Lipinski definition) is 0. The van der Waals surface area contributed by atoms with Crippen LogP contribution in [0.15, 0.2) is 53.0 Å². The zero-order valence-electron chi connectivity index (χ0n) is 11.7. The summed E-state index contributed by atoms with van der Waals surface area (Å²) in [6.07, 6.45) is 0. The van der Waals surface area contributed by atoms with E-state index in [0.29, 0.717) is 11.6 Å². The molecule has 0 N–H and O–H groups in total. The van der Waals surface area contributed by atoms with Crippen molar-refractivity contribution in [3.05, 3.63) is 64.1 Å². The van der Waals surface area contributed by atoms with E-state index in [4.69, 9.17) is 0 Å². The predicted octanol–water partition coefficient (Wildman–Crippen LogP) is 4.74. The van der Waals surface area contributed by atoms with Crippen molar-refractivity contribution >= 4 is 21.6 Å². The van der Waals surface area contributed by atoms with Gasteiger partial charge in [-0.25, -0.2) is 0 Å². The summed E-state index contributed by atoms with van der Waals surface area (Å²) in [5.41, 5.74) is 2.92. The van der Waals surface area contributed by atoms with Crippen LogP contribution < -0.4 is 4.90 Å². The second-order valence-electron chi connectivity index (χ2n) is 4.98. The molecule has 0 aromatic heterocycles. The van der Waals surface area contributed by atoms with E-state index < -0.39 is 0 Å². The molecule has 0 fully saturated rings. The molecular formula is C17H17BrN2. The van der Waals surface area contributed by atoms with Crippen LogP contribution in [0.2, 0.25) is 0 Å². The summed E-state index contributed by atoms with van der Waals surface area (Å²) >= 11 is 3.49. The van der Waals surface area contributed by atoms with Crippen molar-refractivity contribution in [1.29, 1.82) is 5.26 Å². The highest BCUT2D eigenvalue weighted by molar-refractivity contribution is 9.10. The summed E-state index contributed by atoms with van der Waals surface area (Å²) in [5.74, 6) is 0. The summed E-state index contributed by atoms with van der Waals surface area (Å²) in [4.78, 5) is 2.25. The fourth-order valence-corrected chi connectivity index (χ4v) is 2.51. The van der Waals surface area contributed by atoms with Crippen LogP contribution in [0, 0.1) is 11.3 Å². The van der Waals surface area contributed by atoms with Crippen LogP contribution in [0.5, 0.6) is 0 Å². The Kier molecular flexibility index (Phi) is 4.81. The maximum Gasteiger partial charge on any atom is 0.101 e. The Morgan fingerprint density at radius 3 is 2.45 bits per heavy atom. The predicted molar refractivity (Wildman–Crippen MR) is 86.6 cm³/mol. The van der Waals surface area contributed by atoms with Crippen molar-refractivity contribution in [1.82, 2.24) is 0 Å². The lowest BCUT2D eigenvalue weighted by atomic mass is 10.1. The number of benzene rings is 2.